The number of hydrogen-bond acceptors (Lipinski definition) is 7. The first-order chi connectivity index (χ1) is 9.63. The van der Waals surface area contributed by atoms with Crippen LogP contribution in [0.1, 0.15) is 36.9 Å². The van der Waals surface area contributed by atoms with Crippen LogP contribution >= 0.6 is 22.7 Å². The third-order valence-corrected chi connectivity index (χ3v) is 5.80. The summed E-state index contributed by atoms with van der Waals surface area (Å²) in [5.41, 5.74) is 6.69. The fourth-order valence-electron chi connectivity index (χ4n) is 2.61. The first kappa shape index (κ1) is 13.9. The molecule has 108 valence electrons. The summed E-state index contributed by atoms with van der Waals surface area (Å²) in [7, 11) is 0. The van der Waals surface area contributed by atoms with Crippen LogP contribution in [0.5, 0.6) is 0 Å². The van der Waals surface area contributed by atoms with Crippen LogP contribution in [0.3, 0.4) is 0 Å². The van der Waals surface area contributed by atoms with Crippen molar-refractivity contribution in [3.05, 3.63) is 10.7 Å². The van der Waals surface area contributed by atoms with Crippen molar-refractivity contribution in [1.82, 2.24) is 20.1 Å². The van der Waals surface area contributed by atoms with Gasteiger partial charge in [0.05, 0.1) is 17.1 Å². The van der Waals surface area contributed by atoms with E-state index in [0.717, 1.165) is 22.1 Å². The number of likely N-dealkylation sites (tertiary alicyclic amines) is 1. The van der Waals surface area contributed by atoms with Gasteiger partial charge in [0.15, 0.2) is 5.01 Å². The molecule has 20 heavy (non-hydrogen) atoms. The van der Waals surface area contributed by atoms with E-state index >= 15 is 0 Å². The number of thiazole rings is 1. The zero-order valence-corrected chi connectivity index (χ0v) is 13.4. The molecule has 0 amide bonds. The summed E-state index contributed by atoms with van der Waals surface area (Å²) in [6.07, 6.45) is 3.95. The SMILES string of the molecule is Cc1nc(CN2CCCCC2C)sc1-c1nnc(N)s1. The van der Waals surface area contributed by atoms with Crippen molar-refractivity contribution in [3.8, 4) is 9.88 Å². The molecule has 1 saturated heterocycles. The predicted octanol–water partition coefficient (Wildman–Crippen LogP) is 2.93. The molecule has 0 spiro atoms. The molecule has 2 N–H and O–H groups in total. The number of anilines is 1. The Balaban J connectivity index is 1.78. The lowest BCUT2D eigenvalue weighted by molar-refractivity contribution is 0.152. The number of aromatic nitrogens is 3. The second-order valence-electron chi connectivity index (χ2n) is 5.28. The van der Waals surface area contributed by atoms with E-state index < -0.39 is 0 Å². The molecule has 1 unspecified atom stereocenters. The summed E-state index contributed by atoms with van der Waals surface area (Å²) in [6, 6.07) is 0.661. The van der Waals surface area contributed by atoms with Crippen molar-refractivity contribution in [2.24, 2.45) is 0 Å². The molecule has 0 bridgehead atoms. The molecule has 1 aliphatic rings. The van der Waals surface area contributed by atoms with Gasteiger partial charge in [0.25, 0.3) is 0 Å². The van der Waals surface area contributed by atoms with Gasteiger partial charge in [-0.1, -0.05) is 17.8 Å². The van der Waals surface area contributed by atoms with E-state index in [4.69, 9.17) is 10.7 Å². The van der Waals surface area contributed by atoms with E-state index in [1.807, 2.05) is 6.92 Å². The van der Waals surface area contributed by atoms with E-state index in [-0.39, 0.29) is 0 Å². The highest BCUT2D eigenvalue weighted by Crippen LogP contribution is 2.33. The van der Waals surface area contributed by atoms with E-state index in [1.165, 1.54) is 42.2 Å². The number of aryl methyl sites for hydroxylation is 1. The quantitative estimate of drug-likeness (QED) is 0.944. The maximum absolute atomic E-state index is 5.66. The van der Waals surface area contributed by atoms with Crippen molar-refractivity contribution < 1.29 is 0 Å². The standard InChI is InChI=1S/C13H19N5S2/c1-8-5-3-4-6-18(8)7-10-15-9(2)11(19-10)12-16-17-13(14)20-12/h8H,3-7H2,1-2H3,(H2,14,17). The van der Waals surface area contributed by atoms with Gasteiger partial charge in [0.1, 0.15) is 5.01 Å². The second-order valence-corrected chi connectivity index (χ2v) is 7.38. The van der Waals surface area contributed by atoms with E-state index in [9.17, 15) is 0 Å². The molecule has 5 nitrogen and oxygen atoms in total. The van der Waals surface area contributed by atoms with Gasteiger partial charge >= 0.3 is 0 Å². The average Bonchev–Trinajstić information content (AvgIpc) is 2.98. The Morgan fingerprint density at radius 3 is 2.85 bits per heavy atom. The number of nitrogens with zero attached hydrogens (tertiary/aromatic N) is 4. The van der Waals surface area contributed by atoms with Gasteiger partial charge in [0, 0.05) is 6.04 Å². The molecule has 2 aromatic heterocycles. The van der Waals surface area contributed by atoms with Crippen LogP contribution in [0.4, 0.5) is 5.13 Å². The van der Waals surface area contributed by atoms with Crippen LogP contribution in [-0.4, -0.2) is 32.7 Å². The van der Waals surface area contributed by atoms with E-state index in [0.29, 0.717) is 11.2 Å². The summed E-state index contributed by atoms with van der Waals surface area (Å²) in [5, 5.41) is 10.6. The second kappa shape index (κ2) is 5.75. The summed E-state index contributed by atoms with van der Waals surface area (Å²) in [6.45, 7) is 6.47. The third kappa shape index (κ3) is 2.84. The van der Waals surface area contributed by atoms with Gasteiger partial charge in [-0.25, -0.2) is 4.98 Å². The van der Waals surface area contributed by atoms with Crippen molar-refractivity contribution in [2.75, 3.05) is 12.3 Å². The maximum Gasteiger partial charge on any atom is 0.203 e. The smallest absolute Gasteiger partial charge is 0.203 e. The maximum atomic E-state index is 5.66. The first-order valence-electron chi connectivity index (χ1n) is 6.93. The molecule has 3 heterocycles. The highest BCUT2D eigenvalue weighted by Gasteiger charge is 2.21. The molecule has 0 aromatic carbocycles. The van der Waals surface area contributed by atoms with Crippen molar-refractivity contribution in [1.29, 1.82) is 0 Å². The minimum absolute atomic E-state index is 0.513. The lowest BCUT2D eigenvalue weighted by atomic mass is 10.0. The summed E-state index contributed by atoms with van der Waals surface area (Å²) in [4.78, 5) is 8.34. The molecule has 0 radical (unpaired) electrons. The molecular formula is C13H19N5S2. The predicted molar refractivity (Wildman–Crippen MR) is 83.9 cm³/mol. The molecule has 7 heteroatoms. The minimum atomic E-state index is 0.513. The average molecular weight is 309 g/mol. The van der Waals surface area contributed by atoms with Gasteiger partial charge in [-0.3, -0.25) is 4.90 Å². The minimum Gasteiger partial charge on any atom is -0.374 e. The Kier molecular flexibility index (Phi) is 4.00. The van der Waals surface area contributed by atoms with Crippen LogP contribution in [-0.2, 0) is 6.54 Å². The molecule has 1 fully saturated rings. The normalized spacial score (nSPS) is 20.4. The number of nitrogens with two attached hydrogens (primary N) is 1. The van der Waals surface area contributed by atoms with Gasteiger partial charge in [-0.05, 0) is 33.2 Å². The zero-order chi connectivity index (χ0) is 14.1. The number of hydrogen-bond donors (Lipinski definition) is 1. The topological polar surface area (TPSA) is 67.9 Å². The number of rotatable bonds is 3. The van der Waals surface area contributed by atoms with Crippen molar-refractivity contribution in [2.45, 2.75) is 45.7 Å². The highest BCUT2D eigenvalue weighted by atomic mass is 32.1. The number of piperidine rings is 1. The van der Waals surface area contributed by atoms with Gasteiger partial charge in [0.2, 0.25) is 5.13 Å². The Bertz CT molecular complexity index is 591. The van der Waals surface area contributed by atoms with E-state index in [2.05, 4.69) is 22.0 Å². The van der Waals surface area contributed by atoms with Crippen LogP contribution in [0.2, 0.25) is 0 Å². The monoisotopic (exact) mass is 309 g/mol. The fraction of sp³-hybridized carbons (Fsp3) is 0.615. The molecule has 1 atom stereocenters. The Morgan fingerprint density at radius 1 is 1.30 bits per heavy atom. The van der Waals surface area contributed by atoms with Crippen LogP contribution in [0, 0.1) is 6.92 Å². The lowest BCUT2D eigenvalue weighted by Crippen LogP contribution is -2.36. The summed E-state index contributed by atoms with van der Waals surface area (Å²) < 4.78 is 0. The summed E-state index contributed by atoms with van der Waals surface area (Å²) in [5.74, 6) is 0. The molecule has 1 aliphatic heterocycles. The Hall–Kier alpha value is -1.05. The molecular weight excluding hydrogens is 290 g/mol. The third-order valence-electron chi connectivity index (χ3n) is 3.75. The van der Waals surface area contributed by atoms with Crippen LogP contribution < -0.4 is 5.73 Å². The van der Waals surface area contributed by atoms with Crippen molar-refractivity contribution in [3.63, 3.8) is 0 Å². The lowest BCUT2D eigenvalue weighted by Gasteiger charge is -2.32. The molecule has 0 saturated carbocycles. The molecule has 3 rings (SSSR count). The molecule has 2 aromatic rings. The van der Waals surface area contributed by atoms with Crippen LogP contribution in [0.15, 0.2) is 0 Å². The van der Waals surface area contributed by atoms with Gasteiger partial charge in [-0.15, -0.1) is 21.5 Å². The van der Waals surface area contributed by atoms with E-state index in [1.54, 1.807) is 11.3 Å². The highest BCUT2D eigenvalue weighted by molar-refractivity contribution is 7.23. The Morgan fingerprint density at radius 2 is 2.15 bits per heavy atom. The summed E-state index contributed by atoms with van der Waals surface area (Å²) >= 11 is 3.15. The van der Waals surface area contributed by atoms with Crippen LogP contribution in [0.25, 0.3) is 9.88 Å². The zero-order valence-electron chi connectivity index (χ0n) is 11.8. The molecule has 0 aliphatic carbocycles. The first-order valence-corrected chi connectivity index (χ1v) is 8.56. The van der Waals surface area contributed by atoms with Gasteiger partial charge in [-0.2, -0.15) is 0 Å². The number of nitrogen functional groups attached to an aromatic ring is 1. The van der Waals surface area contributed by atoms with Crippen molar-refractivity contribution >= 4 is 27.8 Å². The Labute approximate surface area is 126 Å². The largest absolute Gasteiger partial charge is 0.374 e. The van der Waals surface area contributed by atoms with Gasteiger partial charge < -0.3 is 5.73 Å². The fourth-order valence-corrected chi connectivity index (χ4v) is 4.43.